The van der Waals surface area contributed by atoms with Gasteiger partial charge in [-0.3, -0.25) is 0 Å². The number of aliphatic hydroxyl groups is 1. The first kappa shape index (κ1) is 8.79. The zero-order chi connectivity index (χ0) is 8.43. The van der Waals surface area contributed by atoms with E-state index in [9.17, 15) is 5.11 Å². The van der Waals surface area contributed by atoms with E-state index in [4.69, 9.17) is 0 Å². The van der Waals surface area contributed by atoms with Gasteiger partial charge < -0.3 is 5.11 Å². The van der Waals surface area contributed by atoms with Crippen molar-refractivity contribution in [3.63, 3.8) is 0 Å². The molecule has 0 aromatic carbocycles. The van der Waals surface area contributed by atoms with Crippen LogP contribution in [0.2, 0.25) is 0 Å². The van der Waals surface area contributed by atoms with Crippen LogP contribution < -0.4 is 0 Å². The van der Waals surface area contributed by atoms with Crippen molar-refractivity contribution in [1.82, 2.24) is 0 Å². The molecule has 0 saturated heterocycles. The Morgan fingerprint density at radius 2 is 2.18 bits per heavy atom. The minimum atomic E-state index is -0.193. The Labute approximate surface area is 69.1 Å². The van der Waals surface area contributed by atoms with Crippen LogP contribution in [0.3, 0.4) is 0 Å². The Kier molecular flexibility index (Phi) is 2.72. The predicted octanol–water partition coefficient (Wildman–Crippen LogP) is 2.36. The van der Waals surface area contributed by atoms with Gasteiger partial charge in [-0.1, -0.05) is 32.4 Å². The van der Waals surface area contributed by atoms with Crippen molar-refractivity contribution in [2.24, 2.45) is 11.8 Å². The van der Waals surface area contributed by atoms with Crippen molar-refractivity contribution in [3.8, 4) is 0 Å². The van der Waals surface area contributed by atoms with Crippen molar-refractivity contribution < 1.29 is 5.11 Å². The van der Waals surface area contributed by atoms with Crippen LogP contribution in [-0.2, 0) is 0 Å². The van der Waals surface area contributed by atoms with Gasteiger partial charge in [-0.15, -0.1) is 0 Å². The Balaban J connectivity index is 2.63. The van der Waals surface area contributed by atoms with Crippen LogP contribution in [0.5, 0.6) is 0 Å². The molecule has 0 spiro atoms. The second-order valence-electron chi connectivity index (χ2n) is 3.90. The van der Waals surface area contributed by atoms with E-state index in [1.165, 1.54) is 12.0 Å². The summed E-state index contributed by atoms with van der Waals surface area (Å²) in [5.41, 5.74) is 1.43. The molecule has 1 N–H and O–H groups in total. The molecular formula is C10H18O. The Morgan fingerprint density at radius 1 is 1.55 bits per heavy atom. The van der Waals surface area contributed by atoms with Crippen LogP contribution in [0.15, 0.2) is 11.6 Å². The van der Waals surface area contributed by atoms with E-state index in [0.717, 1.165) is 6.42 Å². The molecule has 11 heavy (non-hydrogen) atoms. The first-order valence-corrected chi connectivity index (χ1v) is 4.50. The Morgan fingerprint density at radius 3 is 2.64 bits per heavy atom. The molecule has 0 aromatic heterocycles. The monoisotopic (exact) mass is 154 g/mol. The summed E-state index contributed by atoms with van der Waals surface area (Å²) in [6.45, 7) is 6.49. The minimum Gasteiger partial charge on any atom is -0.389 e. The number of aliphatic hydroxyl groups excluding tert-OH is 1. The summed E-state index contributed by atoms with van der Waals surface area (Å²) in [5, 5.41) is 9.52. The normalized spacial score (nSPS) is 32.3. The molecule has 0 radical (unpaired) electrons. The standard InChI is InChI=1S/C10H18O/c1-7(2)9-5-4-8(3)10(11)6-9/h6-8,10-11H,4-5H2,1-3H3. The molecule has 1 aliphatic rings. The lowest BCUT2D eigenvalue weighted by molar-refractivity contribution is 0.146. The zero-order valence-electron chi connectivity index (χ0n) is 7.67. The number of hydrogen-bond donors (Lipinski definition) is 1. The number of rotatable bonds is 1. The summed E-state index contributed by atoms with van der Waals surface area (Å²) >= 11 is 0. The maximum Gasteiger partial charge on any atom is 0.0749 e. The molecule has 1 rings (SSSR count). The molecule has 0 aromatic rings. The molecule has 0 fully saturated rings. The highest BCUT2D eigenvalue weighted by molar-refractivity contribution is 5.11. The third-order valence-electron chi connectivity index (χ3n) is 2.60. The second-order valence-corrected chi connectivity index (χ2v) is 3.90. The molecule has 1 aliphatic carbocycles. The molecule has 1 nitrogen and oxygen atoms in total. The fraction of sp³-hybridized carbons (Fsp3) is 0.800. The van der Waals surface area contributed by atoms with E-state index >= 15 is 0 Å². The SMILES string of the molecule is CC(C)C1=CC(O)C(C)CC1. The first-order chi connectivity index (χ1) is 5.11. The van der Waals surface area contributed by atoms with Crippen LogP contribution >= 0.6 is 0 Å². The highest BCUT2D eigenvalue weighted by atomic mass is 16.3. The summed E-state index contributed by atoms with van der Waals surface area (Å²) < 4.78 is 0. The zero-order valence-corrected chi connectivity index (χ0v) is 7.67. The minimum absolute atomic E-state index is 0.193. The molecule has 1 heteroatoms. The van der Waals surface area contributed by atoms with Gasteiger partial charge in [0.2, 0.25) is 0 Å². The van der Waals surface area contributed by atoms with Crippen molar-refractivity contribution in [2.45, 2.75) is 39.7 Å². The average molecular weight is 154 g/mol. The summed E-state index contributed by atoms with van der Waals surface area (Å²) in [5.74, 6) is 1.06. The average Bonchev–Trinajstić information content (AvgIpc) is 1.94. The van der Waals surface area contributed by atoms with Gasteiger partial charge in [-0.25, -0.2) is 0 Å². The van der Waals surface area contributed by atoms with E-state index in [1.807, 2.05) is 6.08 Å². The largest absolute Gasteiger partial charge is 0.389 e. The molecule has 64 valence electrons. The molecule has 0 aliphatic heterocycles. The van der Waals surface area contributed by atoms with E-state index in [0.29, 0.717) is 11.8 Å². The van der Waals surface area contributed by atoms with Crippen molar-refractivity contribution in [1.29, 1.82) is 0 Å². The molecule has 0 amide bonds. The van der Waals surface area contributed by atoms with E-state index in [1.54, 1.807) is 0 Å². The molecule has 2 atom stereocenters. The highest BCUT2D eigenvalue weighted by Crippen LogP contribution is 2.27. The Hall–Kier alpha value is -0.300. The molecule has 0 saturated carbocycles. The van der Waals surface area contributed by atoms with Gasteiger partial charge in [0.15, 0.2) is 0 Å². The molecular weight excluding hydrogens is 136 g/mol. The van der Waals surface area contributed by atoms with Gasteiger partial charge in [0.05, 0.1) is 6.10 Å². The second kappa shape index (κ2) is 3.40. The smallest absolute Gasteiger partial charge is 0.0749 e. The highest BCUT2D eigenvalue weighted by Gasteiger charge is 2.19. The summed E-state index contributed by atoms with van der Waals surface area (Å²) in [6.07, 6.45) is 4.17. The molecule has 2 unspecified atom stereocenters. The topological polar surface area (TPSA) is 20.2 Å². The lowest BCUT2D eigenvalue weighted by atomic mass is 9.84. The van der Waals surface area contributed by atoms with Gasteiger partial charge in [-0.05, 0) is 24.7 Å². The fourth-order valence-electron chi connectivity index (χ4n) is 1.51. The van der Waals surface area contributed by atoms with Crippen molar-refractivity contribution in [2.75, 3.05) is 0 Å². The third kappa shape index (κ3) is 2.06. The van der Waals surface area contributed by atoms with Gasteiger partial charge in [0, 0.05) is 0 Å². The number of hydrogen-bond acceptors (Lipinski definition) is 1. The number of allylic oxidation sites excluding steroid dienone is 1. The predicted molar refractivity (Wildman–Crippen MR) is 47.3 cm³/mol. The summed E-state index contributed by atoms with van der Waals surface area (Å²) in [6, 6.07) is 0. The quantitative estimate of drug-likeness (QED) is 0.575. The lowest BCUT2D eigenvalue weighted by Gasteiger charge is -2.25. The van der Waals surface area contributed by atoms with E-state index < -0.39 is 0 Å². The maximum atomic E-state index is 9.52. The van der Waals surface area contributed by atoms with Gasteiger partial charge in [-0.2, -0.15) is 0 Å². The summed E-state index contributed by atoms with van der Waals surface area (Å²) in [7, 11) is 0. The van der Waals surface area contributed by atoms with Crippen molar-refractivity contribution in [3.05, 3.63) is 11.6 Å². The lowest BCUT2D eigenvalue weighted by Crippen LogP contribution is -2.21. The van der Waals surface area contributed by atoms with Gasteiger partial charge >= 0.3 is 0 Å². The van der Waals surface area contributed by atoms with Crippen LogP contribution in [-0.4, -0.2) is 11.2 Å². The van der Waals surface area contributed by atoms with Crippen LogP contribution in [0, 0.1) is 11.8 Å². The van der Waals surface area contributed by atoms with E-state index in [2.05, 4.69) is 20.8 Å². The van der Waals surface area contributed by atoms with Crippen LogP contribution in [0.25, 0.3) is 0 Å². The molecule has 0 bridgehead atoms. The Bertz CT molecular complexity index is 158. The van der Waals surface area contributed by atoms with Crippen molar-refractivity contribution >= 4 is 0 Å². The maximum absolute atomic E-state index is 9.52. The molecule has 0 heterocycles. The third-order valence-corrected chi connectivity index (χ3v) is 2.60. The van der Waals surface area contributed by atoms with Gasteiger partial charge in [0.1, 0.15) is 0 Å². The van der Waals surface area contributed by atoms with Crippen LogP contribution in [0.1, 0.15) is 33.6 Å². The van der Waals surface area contributed by atoms with E-state index in [-0.39, 0.29) is 6.10 Å². The fourth-order valence-corrected chi connectivity index (χ4v) is 1.51. The first-order valence-electron chi connectivity index (χ1n) is 4.50. The van der Waals surface area contributed by atoms with Crippen LogP contribution in [0.4, 0.5) is 0 Å². The summed E-state index contributed by atoms with van der Waals surface area (Å²) in [4.78, 5) is 0. The van der Waals surface area contributed by atoms with Gasteiger partial charge in [0.25, 0.3) is 0 Å².